The molecule has 0 heterocycles. The fourth-order valence-corrected chi connectivity index (χ4v) is 1.42. The monoisotopic (exact) mass is 278 g/mol. The van der Waals surface area contributed by atoms with Crippen molar-refractivity contribution in [1.29, 1.82) is 0 Å². The highest BCUT2D eigenvalue weighted by atomic mass is 35.5. The first-order chi connectivity index (χ1) is 8.04. The van der Waals surface area contributed by atoms with E-state index < -0.39 is 11.6 Å². The van der Waals surface area contributed by atoms with Gasteiger partial charge in [0.15, 0.2) is 0 Å². The highest BCUT2D eigenvalue weighted by Crippen LogP contribution is 2.11. The van der Waals surface area contributed by atoms with Gasteiger partial charge in [0.1, 0.15) is 11.6 Å². The first-order valence-corrected chi connectivity index (χ1v) is 5.37. The van der Waals surface area contributed by atoms with Crippen molar-refractivity contribution < 1.29 is 13.6 Å². The van der Waals surface area contributed by atoms with Gasteiger partial charge >= 0.3 is 0 Å². The van der Waals surface area contributed by atoms with Crippen LogP contribution in [0, 0.1) is 11.6 Å². The van der Waals surface area contributed by atoms with E-state index in [1.54, 1.807) is 14.1 Å². The Balaban J connectivity index is 0.00000289. The van der Waals surface area contributed by atoms with Crippen LogP contribution in [-0.4, -0.2) is 31.4 Å². The normalized spacial score (nSPS) is 9.78. The molecule has 0 aliphatic carbocycles. The van der Waals surface area contributed by atoms with Crippen molar-refractivity contribution in [3.63, 3.8) is 0 Å². The molecule has 1 aromatic carbocycles. The average molecular weight is 279 g/mol. The van der Waals surface area contributed by atoms with E-state index in [1.807, 2.05) is 0 Å². The van der Waals surface area contributed by atoms with Crippen LogP contribution in [0.2, 0.25) is 0 Å². The van der Waals surface area contributed by atoms with Gasteiger partial charge in [0.05, 0.1) is 0 Å². The predicted molar refractivity (Wildman–Crippen MR) is 68.6 cm³/mol. The topological polar surface area (TPSA) is 32.3 Å². The van der Waals surface area contributed by atoms with Gasteiger partial charge in [0.25, 0.3) is 0 Å². The van der Waals surface area contributed by atoms with Crippen LogP contribution in [0.3, 0.4) is 0 Å². The molecule has 0 bridgehead atoms. The molecule has 1 aromatic rings. The fourth-order valence-electron chi connectivity index (χ4n) is 1.42. The summed E-state index contributed by atoms with van der Waals surface area (Å²) in [6.45, 7) is 0.726. The van der Waals surface area contributed by atoms with Gasteiger partial charge in [-0.15, -0.1) is 12.4 Å². The quantitative estimate of drug-likeness (QED) is 0.893. The van der Waals surface area contributed by atoms with E-state index in [-0.39, 0.29) is 24.9 Å². The summed E-state index contributed by atoms with van der Waals surface area (Å²) in [5.41, 5.74) is 0.312. The van der Waals surface area contributed by atoms with E-state index in [2.05, 4.69) is 5.32 Å². The van der Waals surface area contributed by atoms with Crippen molar-refractivity contribution in [3.05, 3.63) is 35.4 Å². The Morgan fingerprint density at radius 1 is 1.39 bits per heavy atom. The highest BCUT2D eigenvalue weighted by Gasteiger charge is 2.11. The van der Waals surface area contributed by atoms with Crippen LogP contribution in [0.1, 0.15) is 12.0 Å². The average Bonchev–Trinajstić information content (AvgIpc) is 2.29. The minimum atomic E-state index is -0.627. The summed E-state index contributed by atoms with van der Waals surface area (Å²) in [7, 11) is 3.35. The third-order valence-electron chi connectivity index (χ3n) is 2.44. The number of amides is 1. The van der Waals surface area contributed by atoms with Crippen molar-refractivity contribution in [2.45, 2.75) is 13.0 Å². The minimum Gasteiger partial charge on any atom is -0.341 e. The van der Waals surface area contributed by atoms with Crippen LogP contribution in [0.25, 0.3) is 0 Å². The van der Waals surface area contributed by atoms with Gasteiger partial charge < -0.3 is 10.2 Å². The van der Waals surface area contributed by atoms with Crippen LogP contribution in [0.4, 0.5) is 8.78 Å². The Bertz CT molecular complexity index is 402. The van der Waals surface area contributed by atoms with Gasteiger partial charge in [-0.05, 0) is 13.1 Å². The van der Waals surface area contributed by atoms with Crippen molar-refractivity contribution in [2.24, 2.45) is 0 Å². The number of nitrogens with zero attached hydrogens (tertiary/aromatic N) is 1. The maximum atomic E-state index is 13.3. The third kappa shape index (κ3) is 4.98. The molecule has 6 heteroatoms. The van der Waals surface area contributed by atoms with Gasteiger partial charge in [-0.25, -0.2) is 8.78 Å². The second-order valence-electron chi connectivity index (χ2n) is 3.84. The van der Waals surface area contributed by atoms with Gasteiger partial charge in [-0.3, -0.25) is 4.79 Å². The first-order valence-electron chi connectivity index (χ1n) is 5.37. The zero-order valence-electron chi connectivity index (χ0n) is 10.4. The Morgan fingerprint density at radius 3 is 2.61 bits per heavy atom. The summed E-state index contributed by atoms with van der Waals surface area (Å²) in [4.78, 5) is 13.0. The first kappa shape index (κ1) is 16.8. The highest BCUT2D eigenvalue weighted by molar-refractivity contribution is 5.85. The van der Waals surface area contributed by atoms with Crippen molar-refractivity contribution in [3.8, 4) is 0 Å². The molecule has 0 unspecified atom stereocenters. The molecule has 0 aliphatic rings. The van der Waals surface area contributed by atoms with Gasteiger partial charge in [0, 0.05) is 38.2 Å². The number of nitrogens with one attached hydrogen (secondary N) is 1. The Kier molecular flexibility index (Phi) is 7.47. The molecule has 1 rings (SSSR count). The molecule has 18 heavy (non-hydrogen) atoms. The molecule has 102 valence electrons. The molecule has 0 spiro atoms. The van der Waals surface area contributed by atoms with Crippen LogP contribution in [-0.2, 0) is 11.3 Å². The minimum absolute atomic E-state index is 0. The Labute approximate surface area is 112 Å². The molecular formula is C12H17ClF2N2O. The molecule has 0 atom stereocenters. The number of rotatable bonds is 5. The van der Waals surface area contributed by atoms with E-state index in [1.165, 1.54) is 17.0 Å². The van der Waals surface area contributed by atoms with E-state index in [0.29, 0.717) is 18.5 Å². The zero-order chi connectivity index (χ0) is 12.8. The molecule has 1 amide bonds. The number of hydrogen-bond acceptors (Lipinski definition) is 2. The molecular weight excluding hydrogens is 262 g/mol. The van der Waals surface area contributed by atoms with Crippen molar-refractivity contribution in [2.75, 3.05) is 20.6 Å². The summed E-state index contributed by atoms with van der Waals surface area (Å²) >= 11 is 0. The molecule has 1 N–H and O–H groups in total. The summed E-state index contributed by atoms with van der Waals surface area (Å²) < 4.78 is 26.0. The number of carbonyl (C=O) groups excluding carboxylic acids is 1. The lowest BCUT2D eigenvalue weighted by Gasteiger charge is -2.17. The summed E-state index contributed by atoms with van der Waals surface area (Å²) in [5, 5.41) is 2.87. The number of benzene rings is 1. The van der Waals surface area contributed by atoms with E-state index in [9.17, 15) is 13.6 Å². The Hall–Kier alpha value is -1.20. The fraction of sp³-hybridized carbons (Fsp3) is 0.417. The zero-order valence-corrected chi connectivity index (χ0v) is 11.2. The van der Waals surface area contributed by atoms with Crippen LogP contribution >= 0.6 is 12.4 Å². The molecule has 0 saturated heterocycles. The number of halogens is 3. The molecule has 0 aliphatic heterocycles. The SMILES string of the molecule is CNCCC(=O)N(C)Cc1ccc(F)cc1F.Cl. The van der Waals surface area contributed by atoms with Gasteiger partial charge in [-0.2, -0.15) is 0 Å². The molecule has 0 aromatic heterocycles. The standard InChI is InChI=1S/C12H16F2N2O.ClH/c1-15-6-5-12(17)16(2)8-9-3-4-10(13)7-11(9)14;/h3-4,7,15H,5-6,8H2,1-2H3;1H. The largest absolute Gasteiger partial charge is 0.341 e. The summed E-state index contributed by atoms with van der Waals surface area (Å²) in [5.74, 6) is -1.32. The van der Waals surface area contributed by atoms with Crippen LogP contribution < -0.4 is 5.32 Å². The second-order valence-corrected chi connectivity index (χ2v) is 3.84. The van der Waals surface area contributed by atoms with Crippen molar-refractivity contribution in [1.82, 2.24) is 10.2 Å². The molecule has 0 radical (unpaired) electrons. The predicted octanol–water partition coefficient (Wildman–Crippen LogP) is 1.95. The van der Waals surface area contributed by atoms with E-state index >= 15 is 0 Å². The second kappa shape index (κ2) is 8.00. The summed E-state index contributed by atoms with van der Waals surface area (Å²) in [6, 6.07) is 3.36. The summed E-state index contributed by atoms with van der Waals surface area (Å²) in [6.07, 6.45) is 0.357. The van der Waals surface area contributed by atoms with Crippen LogP contribution in [0.5, 0.6) is 0 Å². The lowest BCUT2D eigenvalue weighted by molar-refractivity contribution is -0.130. The molecule has 0 fully saturated rings. The lowest BCUT2D eigenvalue weighted by atomic mass is 10.2. The van der Waals surface area contributed by atoms with E-state index in [0.717, 1.165) is 6.07 Å². The van der Waals surface area contributed by atoms with E-state index in [4.69, 9.17) is 0 Å². The number of hydrogen-bond donors (Lipinski definition) is 1. The molecule has 3 nitrogen and oxygen atoms in total. The van der Waals surface area contributed by atoms with Crippen LogP contribution in [0.15, 0.2) is 18.2 Å². The smallest absolute Gasteiger partial charge is 0.223 e. The number of carbonyl (C=O) groups is 1. The van der Waals surface area contributed by atoms with Crippen molar-refractivity contribution >= 4 is 18.3 Å². The molecule has 0 saturated carbocycles. The lowest BCUT2D eigenvalue weighted by Crippen LogP contribution is -2.29. The van der Waals surface area contributed by atoms with Gasteiger partial charge in [0.2, 0.25) is 5.91 Å². The van der Waals surface area contributed by atoms with Gasteiger partial charge in [-0.1, -0.05) is 6.07 Å². The Morgan fingerprint density at radius 2 is 2.06 bits per heavy atom. The maximum absolute atomic E-state index is 13.3. The third-order valence-corrected chi connectivity index (χ3v) is 2.44. The maximum Gasteiger partial charge on any atom is 0.223 e.